The third kappa shape index (κ3) is 4.64. The molecule has 2 nitrogen and oxygen atoms in total. The minimum absolute atomic E-state index is 0.101. The molecule has 0 saturated carbocycles. The van der Waals surface area contributed by atoms with Gasteiger partial charge in [0.2, 0.25) is 0 Å². The van der Waals surface area contributed by atoms with Gasteiger partial charge in [0.25, 0.3) is 0 Å². The maximum absolute atomic E-state index is 12.5. The number of halogens is 6. The monoisotopic (exact) mass is 376 g/mol. The molecule has 1 rings (SSSR count). The summed E-state index contributed by atoms with van der Waals surface area (Å²) in [5.74, 6) is 0. The van der Waals surface area contributed by atoms with Gasteiger partial charge in [0, 0.05) is 4.48 Å². The number of nitrogens with one attached hydrogen (secondary N) is 1. The summed E-state index contributed by atoms with van der Waals surface area (Å²) in [5.41, 5.74) is 0.506. The largest absolute Gasteiger partial charge is 0.353 e. The Morgan fingerprint density at radius 3 is 2.20 bits per heavy atom. The number of nitrogens with zero attached hydrogens (tertiary/aromatic N) is 1. The molecular formula is C11H10BrF5N2S. The highest BCUT2D eigenvalue weighted by atomic mass is 79.9. The van der Waals surface area contributed by atoms with Gasteiger partial charge in [0.15, 0.2) is 5.03 Å². The van der Waals surface area contributed by atoms with Crippen molar-refractivity contribution < 1.29 is 19.4 Å². The molecule has 0 bridgehead atoms. The van der Waals surface area contributed by atoms with Crippen LogP contribution in [0.15, 0.2) is 58.8 Å². The lowest BCUT2D eigenvalue weighted by molar-refractivity contribution is 0.358. The van der Waals surface area contributed by atoms with E-state index in [2.05, 4.69) is 39.4 Å². The van der Waals surface area contributed by atoms with Crippen LogP contribution in [-0.4, -0.2) is 4.98 Å². The van der Waals surface area contributed by atoms with Crippen molar-refractivity contribution in [2.24, 2.45) is 0 Å². The summed E-state index contributed by atoms with van der Waals surface area (Å²) in [7, 11) is -9.73. The van der Waals surface area contributed by atoms with E-state index in [1.54, 1.807) is 0 Å². The lowest BCUT2D eigenvalue weighted by atomic mass is 10.3. The number of allylic oxidation sites excluding steroid dienone is 3. The minimum atomic E-state index is -9.73. The molecule has 20 heavy (non-hydrogen) atoms. The Balaban J connectivity index is 3.08. The Labute approximate surface area is 120 Å². The Morgan fingerprint density at radius 1 is 1.25 bits per heavy atom. The van der Waals surface area contributed by atoms with Crippen LogP contribution in [-0.2, 0) is 0 Å². The third-order valence-corrected chi connectivity index (χ3v) is 3.45. The van der Waals surface area contributed by atoms with Crippen molar-refractivity contribution in [2.45, 2.75) is 5.03 Å². The predicted octanol–water partition coefficient (Wildman–Crippen LogP) is 6.13. The molecule has 0 fully saturated rings. The average molecular weight is 377 g/mol. The molecule has 0 unspecified atom stereocenters. The quantitative estimate of drug-likeness (QED) is 0.493. The molecule has 0 radical (unpaired) electrons. The topological polar surface area (TPSA) is 24.9 Å². The van der Waals surface area contributed by atoms with Gasteiger partial charge >= 0.3 is 10.2 Å². The highest BCUT2D eigenvalue weighted by molar-refractivity contribution is 9.11. The van der Waals surface area contributed by atoms with Crippen molar-refractivity contribution in [1.82, 2.24) is 4.98 Å². The van der Waals surface area contributed by atoms with Crippen LogP contribution in [0.5, 0.6) is 0 Å². The van der Waals surface area contributed by atoms with Crippen molar-refractivity contribution in [2.75, 3.05) is 5.32 Å². The van der Waals surface area contributed by atoms with Crippen molar-refractivity contribution in [3.63, 3.8) is 0 Å². The van der Waals surface area contributed by atoms with Crippen LogP contribution in [0, 0.1) is 0 Å². The van der Waals surface area contributed by atoms with Crippen LogP contribution in [0.2, 0.25) is 0 Å². The zero-order chi connectivity index (χ0) is 15.7. The maximum Gasteiger partial charge on any atom is 0.325 e. The normalized spacial score (nSPS) is 16.0. The molecule has 0 aliphatic heterocycles. The van der Waals surface area contributed by atoms with E-state index in [9.17, 15) is 19.4 Å². The first-order chi connectivity index (χ1) is 8.83. The minimum Gasteiger partial charge on any atom is -0.353 e. The molecule has 0 spiro atoms. The van der Waals surface area contributed by atoms with Crippen LogP contribution in [0.4, 0.5) is 25.1 Å². The first-order valence-electron chi connectivity index (χ1n) is 4.98. The molecule has 0 aliphatic carbocycles. The van der Waals surface area contributed by atoms with Crippen molar-refractivity contribution >= 4 is 31.8 Å². The summed E-state index contributed by atoms with van der Waals surface area (Å²) in [6.45, 7) is 7.02. The number of aromatic nitrogens is 1. The first-order valence-corrected chi connectivity index (χ1v) is 7.72. The van der Waals surface area contributed by atoms with Crippen molar-refractivity contribution in [1.29, 1.82) is 0 Å². The molecule has 0 aromatic carbocycles. The maximum atomic E-state index is 12.5. The fourth-order valence-electron chi connectivity index (χ4n) is 1.16. The number of rotatable bonds is 5. The molecule has 0 saturated heterocycles. The SMILES string of the molecule is C=C/C=C(/Nc1ccc(S(F)(F)(F)(F)F)nc1)C(=C)Br. The number of hydrogen-bond acceptors (Lipinski definition) is 2. The second-order valence-electron chi connectivity index (χ2n) is 3.70. The number of pyridine rings is 1. The summed E-state index contributed by atoms with van der Waals surface area (Å²) >= 11 is 3.08. The third-order valence-electron chi connectivity index (χ3n) is 1.99. The molecule has 9 heteroatoms. The Bertz CT molecular complexity index is 577. The van der Waals surface area contributed by atoms with Crippen molar-refractivity contribution in [3.8, 4) is 0 Å². The van der Waals surface area contributed by atoms with Gasteiger partial charge < -0.3 is 5.32 Å². The Hall–Kier alpha value is -1.35. The summed E-state index contributed by atoms with van der Waals surface area (Å²) in [4.78, 5) is 2.78. The van der Waals surface area contributed by atoms with Crippen LogP contribution < -0.4 is 5.32 Å². The van der Waals surface area contributed by atoms with Gasteiger partial charge in [-0.3, -0.25) is 0 Å². The fourth-order valence-corrected chi connectivity index (χ4v) is 1.96. The van der Waals surface area contributed by atoms with Gasteiger partial charge in [-0.25, -0.2) is 4.98 Å². The van der Waals surface area contributed by atoms with Gasteiger partial charge in [-0.15, -0.1) is 0 Å². The van der Waals surface area contributed by atoms with E-state index in [1.807, 2.05) is 0 Å². The smallest absolute Gasteiger partial charge is 0.325 e. The molecule has 1 aromatic rings. The van der Waals surface area contributed by atoms with Crippen LogP contribution in [0.25, 0.3) is 0 Å². The van der Waals surface area contributed by atoms with E-state index in [1.165, 1.54) is 12.2 Å². The Kier molecular flexibility index (Phi) is 3.83. The van der Waals surface area contributed by atoms with E-state index in [0.717, 1.165) is 6.07 Å². The van der Waals surface area contributed by atoms with Gasteiger partial charge in [-0.05, 0) is 34.1 Å². The highest BCUT2D eigenvalue weighted by Gasteiger charge is 2.67. The van der Waals surface area contributed by atoms with Crippen LogP contribution in [0.3, 0.4) is 0 Å². The second-order valence-corrected chi connectivity index (χ2v) is 7.01. The summed E-state index contributed by atoms with van der Waals surface area (Å²) < 4.78 is 62.7. The lowest BCUT2D eigenvalue weighted by Gasteiger charge is -2.39. The fraction of sp³-hybridized carbons (Fsp3) is 0. The lowest BCUT2D eigenvalue weighted by Crippen LogP contribution is -2.08. The van der Waals surface area contributed by atoms with E-state index in [0.29, 0.717) is 16.4 Å². The van der Waals surface area contributed by atoms with Gasteiger partial charge in [-0.1, -0.05) is 38.7 Å². The van der Waals surface area contributed by atoms with E-state index in [-0.39, 0.29) is 11.8 Å². The van der Waals surface area contributed by atoms with E-state index in [4.69, 9.17) is 0 Å². The van der Waals surface area contributed by atoms with E-state index < -0.39 is 15.3 Å². The molecule has 1 N–H and O–H groups in total. The zero-order valence-electron chi connectivity index (χ0n) is 9.92. The number of anilines is 1. The molecule has 1 heterocycles. The van der Waals surface area contributed by atoms with Gasteiger partial charge in [0.05, 0.1) is 17.6 Å². The molecule has 0 amide bonds. The first kappa shape index (κ1) is 16.7. The standard InChI is InChI=1S/C11H10BrF5N2S/c1-3-4-10(8(2)12)19-9-5-6-11(18-7-9)20(13,14,15,16)17/h3-7,19H,1-2H2/b10-4+. The molecule has 112 valence electrons. The van der Waals surface area contributed by atoms with Crippen LogP contribution in [0.1, 0.15) is 0 Å². The molecule has 0 atom stereocenters. The summed E-state index contributed by atoms with van der Waals surface area (Å²) in [6, 6.07) is 1.08. The average Bonchev–Trinajstić information content (AvgIpc) is 2.26. The molecule has 1 aromatic heterocycles. The van der Waals surface area contributed by atoms with Gasteiger partial charge in [0.1, 0.15) is 0 Å². The van der Waals surface area contributed by atoms with Crippen molar-refractivity contribution in [3.05, 3.63) is 53.8 Å². The molecule has 0 aliphatic rings. The van der Waals surface area contributed by atoms with Crippen LogP contribution >= 0.6 is 26.2 Å². The van der Waals surface area contributed by atoms with E-state index >= 15 is 0 Å². The van der Waals surface area contributed by atoms with Gasteiger partial charge in [-0.2, -0.15) is 0 Å². The Morgan fingerprint density at radius 2 is 1.85 bits per heavy atom. The molecular weight excluding hydrogens is 367 g/mol. The summed E-state index contributed by atoms with van der Waals surface area (Å²) in [5, 5.41) is 0.487. The predicted molar refractivity (Wildman–Crippen MR) is 75.6 cm³/mol. The second kappa shape index (κ2) is 4.59. The zero-order valence-corrected chi connectivity index (χ0v) is 12.3. The highest BCUT2D eigenvalue weighted by Crippen LogP contribution is 3.01. The number of hydrogen-bond donors (Lipinski definition) is 1. The summed E-state index contributed by atoms with van der Waals surface area (Å²) in [6.07, 6.45) is 3.58.